The normalized spacial score (nSPS) is 12.3. The van der Waals surface area contributed by atoms with E-state index in [2.05, 4.69) is 19.4 Å². The molecule has 29 nitrogen and oxygen atoms in total. The van der Waals surface area contributed by atoms with Gasteiger partial charge in [0.2, 0.25) is 0 Å². The number of carboxylic acid groups (broad SMARTS) is 4. The van der Waals surface area contributed by atoms with Gasteiger partial charge in [-0.3, -0.25) is 19.2 Å². The van der Waals surface area contributed by atoms with Crippen molar-refractivity contribution in [2.24, 2.45) is 32.9 Å². The van der Waals surface area contributed by atoms with Gasteiger partial charge < -0.3 is 67.0 Å². The number of hydrogen-bond acceptors (Lipinski definition) is 17. The van der Waals surface area contributed by atoms with Gasteiger partial charge in [-0.1, -0.05) is 24.3 Å². The van der Waals surface area contributed by atoms with Crippen molar-refractivity contribution in [1.29, 1.82) is 0 Å². The number of carboxylic acids is 4. The zero-order valence-electron chi connectivity index (χ0n) is 40.7. The van der Waals surface area contributed by atoms with E-state index in [1.165, 1.54) is 97.1 Å². The number of rotatable bonds is 34. The van der Waals surface area contributed by atoms with E-state index in [-0.39, 0.29) is 74.1 Å². The second-order valence-corrected chi connectivity index (χ2v) is 19.3. The molecule has 4 aromatic rings. The summed E-state index contributed by atoms with van der Waals surface area (Å²) in [4.78, 5) is 80.2. The minimum Gasteiger partial charge on any atom is -0.481 e. The lowest BCUT2D eigenvalue weighted by Crippen LogP contribution is -2.51. The van der Waals surface area contributed by atoms with Gasteiger partial charge in [0.05, 0.1) is 75.0 Å². The highest BCUT2D eigenvalue weighted by Gasteiger charge is 2.37. The molecule has 2 unspecified atom stereocenters. The van der Waals surface area contributed by atoms with E-state index in [9.17, 15) is 66.0 Å². The van der Waals surface area contributed by atoms with E-state index >= 15 is 0 Å². The van der Waals surface area contributed by atoms with Crippen molar-refractivity contribution in [3.8, 4) is 11.5 Å². The number of esters is 2. The van der Waals surface area contributed by atoms with Crippen LogP contribution in [-0.2, 0) is 66.9 Å². The Balaban J connectivity index is 1.23. The predicted molar refractivity (Wildman–Crippen MR) is 271 cm³/mol. The fraction of sp³-hybridized carbons (Fsp3) is 0.304. The molecule has 0 radical (unpaired) electrons. The van der Waals surface area contributed by atoms with Crippen LogP contribution in [0.2, 0.25) is 0 Å². The summed E-state index contributed by atoms with van der Waals surface area (Å²) in [6, 6.07) is 19.0. The molecule has 4 rings (SSSR count). The molecular weight excluding hydrogens is 1060 g/mol. The maximum Gasteiger partial charge on any atom is 0.343 e. The summed E-state index contributed by atoms with van der Waals surface area (Å²) >= 11 is 0. The van der Waals surface area contributed by atoms with Gasteiger partial charge in [0.25, 0.3) is 20.4 Å². The van der Waals surface area contributed by atoms with Crippen LogP contribution in [0.25, 0.3) is 0 Å². The van der Waals surface area contributed by atoms with Crippen LogP contribution in [0.1, 0.15) is 44.7 Å². The molecule has 0 aromatic heterocycles. The van der Waals surface area contributed by atoms with Crippen molar-refractivity contribution in [3.63, 3.8) is 0 Å². The lowest BCUT2D eigenvalue weighted by molar-refractivity contribution is -0.148. The zero-order chi connectivity index (χ0) is 56.7. The summed E-state index contributed by atoms with van der Waals surface area (Å²) < 4.78 is 86.0. The van der Waals surface area contributed by atoms with Gasteiger partial charge in [0, 0.05) is 26.2 Å². The maximum absolute atomic E-state index is 13.4. The smallest absolute Gasteiger partial charge is 0.343 e. The standard InChI is InChI=1S/C46H56N10O19S2/c47-45(48)53-33-9-5-31(6-10-33)43(65)74-35-13-1-29(2-14-35)27-51-76(67,68)55(37(41(61)62)25-39(57)58)17-19-71-21-23-73-24-22-72-20-18-56(38(42(63)64)26-40(59)60)77(69,70)52-28-30-3-15-36(16-4-30)75-44(66)32-7-11-34(12-8-32)54-46(49)50/h1-16,37-38,51-52H,17-28H2,(H,57,58)(H,59,60)(H,61,62)(H,63,64)(H4,47,48,53)(H4,49,50,54). The molecule has 0 amide bonds. The fourth-order valence-corrected chi connectivity index (χ4v) is 9.19. The zero-order valence-corrected chi connectivity index (χ0v) is 42.3. The highest BCUT2D eigenvalue weighted by atomic mass is 32.2. The number of carbonyl (C=O) groups is 6. The molecule has 4 aromatic carbocycles. The number of ether oxygens (including phenoxy) is 5. The summed E-state index contributed by atoms with van der Waals surface area (Å²) in [5, 5.41) is 38.3. The molecule has 0 aliphatic carbocycles. The predicted octanol–water partition coefficient (Wildman–Crippen LogP) is -0.187. The summed E-state index contributed by atoms with van der Waals surface area (Å²) in [5.74, 6) is -8.21. The Morgan fingerprint density at radius 1 is 0.481 bits per heavy atom. The van der Waals surface area contributed by atoms with E-state index in [0.717, 1.165) is 0 Å². The molecular formula is C46H56N10O19S2. The maximum atomic E-state index is 13.4. The highest BCUT2D eigenvalue weighted by Crippen LogP contribution is 2.20. The third-order valence-electron chi connectivity index (χ3n) is 10.2. The number of aliphatic imine (C=N–C) groups is 2. The Hall–Kier alpha value is -8.14. The average molecular weight is 1120 g/mol. The Morgan fingerprint density at radius 2 is 0.792 bits per heavy atom. The summed E-state index contributed by atoms with van der Waals surface area (Å²) in [6.45, 7) is -3.40. The van der Waals surface area contributed by atoms with Gasteiger partial charge >= 0.3 is 35.8 Å². The number of guanidine groups is 2. The van der Waals surface area contributed by atoms with Crippen LogP contribution in [0.3, 0.4) is 0 Å². The topological polar surface area (TPSA) is 457 Å². The molecule has 0 saturated heterocycles. The number of hydrogen-bond donors (Lipinski definition) is 10. The number of nitrogens with zero attached hydrogens (tertiary/aromatic N) is 4. The number of nitrogens with one attached hydrogen (secondary N) is 2. The van der Waals surface area contributed by atoms with Crippen LogP contribution in [-0.4, -0.2) is 158 Å². The molecule has 31 heteroatoms. The van der Waals surface area contributed by atoms with Crippen LogP contribution >= 0.6 is 0 Å². The van der Waals surface area contributed by atoms with Crippen LogP contribution in [0.4, 0.5) is 11.4 Å². The molecule has 0 spiro atoms. The number of benzene rings is 4. The number of aliphatic carboxylic acids is 4. The first-order chi connectivity index (χ1) is 36.4. The van der Waals surface area contributed by atoms with Gasteiger partial charge in [0.15, 0.2) is 11.9 Å². The first kappa shape index (κ1) is 61.4. The van der Waals surface area contributed by atoms with Crippen molar-refractivity contribution in [1.82, 2.24) is 18.1 Å². The molecule has 0 aliphatic rings. The largest absolute Gasteiger partial charge is 0.481 e. The lowest BCUT2D eigenvalue weighted by atomic mass is 10.2. The van der Waals surface area contributed by atoms with Crippen molar-refractivity contribution in [2.75, 3.05) is 52.7 Å². The van der Waals surface area contributed by atoms with E-state index in [1.54, 1.807) is 0 Å². The van der Waals surface area contributed by atoms with E-state index < -0.39 is 107 Å². The Labute approximate surface area is 440 Å². The third kappa shape index (κ3) is 21.2. The molecule has 0 bridgehead atoms. The van der Waals surface area contributed by atoms with Crippen molar-refractivity contribution in [3.05, 3.63) is 119 Å². The third-order valence-corrected chi connectivity index (χ3v) is 13.3. The second kappa shape index (κ2) is 29.8. The number of nitrogens with two attached hydrogens (primary N) is 4. The van der Waals surface area contributed by atoms with Crippen LogP contribution < -0.4 is 41.9 Å². The second-order valence-electron chi connectivity index (χ2n) is 15.8. The van der Waals surface area contributed by atoms with E-state index in [4.69, 9.17) is 46.6 Å². The Bertz CT molecular complexity index is 2740. The summed E-state index contributed by atoms with van der Waals surface area (Å²) in [7, 11) is -9.37. The molecule has 0 fully saturated rings. The first-order valence-corrected chi connectivity index (χ1v) is 25.5. The molecule has 0 saturated carbocycles. The van der Waals surface area contributed by atoms with Crippen LogP contribution in [0.5, 0.6) is 11.5 Å². The molecule has 77 heavy (non-hydrogen) atoms. The average Bonchev–Trinajstić information content (AvgIpc) is 3.36. The summed E-state index contributed by atoms with van der Waals surface area (Å²) in [5.41, 5.74) is 23.3. The quantitative estimate of drug-likeness (QED) is 0.00953. The molecule has 14 N–H and O–H groups in total. The Morgan fingerprint density at radius 3 is 1.08 bits per heavy atom. The van der Waals surface area contributed by atoms with Crippen molar-refractivity contribution >= 4 is 79.5 Å². The molecule has 0 heterocycles. The SMILES string of the molecule is NC(N)=Nc1ccc(C(=O)Oc2ccc(CNS(=O)(=O)N(CCOCCOCCOCCN(C(CC(=O)O)C(=O)O)S(=O)(=O)NCc3ccc(OC(=O)c4ccc(N=C(N)N)cc4)cc3)C(CC(=O)O)C(=O)O)cc2)cc1. The van der Waals surface area contributed by atoms with Crippen LogP contribution in [0, 0.1) is 0 Å². The van der Waals surface area contributed by atoms with Crippen molar-refractivity contribution in [2.45, 2.75) is 38.0 Å². The van der Waals surface area contributed by atoms with Crippen molar-refractivity contribution < 1.29 is 89.7 Å². The van der Waals surface area contributed by atoms with Gasteiger partial charge in [-0.05, 0) is 83.9 Å². The van der Waals surface area contributed by atoms with E-state index in [1.807, 2.05) is 0 Å². The monoisotopic (exact) mass is 1120 g/mol. The minimum absolute atomic E-state index is 0.112. The van der Waals surface area contributed by atoms with Crippen LogP contribution in [0.15, 0.2) is 107 Å². The molecule has 0 aliphatic heterocycles. The lowest BCUT2D eigenvalue weighted by Gasteiger charge is -2.27. The van der Waals surface area contributed by atoms with Gasteiger partial charge in [-0.2, -0.15) is 34.9 Å². The summed E-state index contributed by atoms with van der Waals surface area (Å²) in [6.07, 6.45) is -2.18. The molecule has 2 atom stereocenters. The van der Waals surface area contributed by atoms with Gasteiger partial charge in [-0.25, -0.2) is 19.6 Å². The van der Waals surface area contributed by atoms with Gasteiger partial charge in [-0.15, -0.1) is 0 Å². The number of carbonyl (C=O) groups excluding carboxylic acids is 2. The first-order valence-electron chi connectivity index (χ1n) is 22.6. The van der Waals surface area contributed by atoms with Gasteiger partial charge in [0.1, 0.15) is 23.6 Å². The Kier molecular flexibility index (Phi) is 23.8. The molecule has 416 valence electrons. The minimum atomic E-state index is -4.69. The fourth-order valence-electron chi connectivity index (χ4n) is 6.53. The van der Waals surface area contributed by atoms with E-state index in [0.29, 0.717) is 31.1 Å². The highest BCUT2D eigenvalue weighted by molar-refractivity contribution is 7.87.